The molecular weight excluding hydrogens is 435 g/mol. The van der Waals surface area contributed by atoms with Gasteiger partial charge < -0.3 is 5.73 Å². The molecule has 0 amide bonds. The lowest BCUT2D eigenvalue weighted by atomic mass is 10.2. The van der Waals surface area contributed by atoms with Gasteiger partial charge in [0.25, 0.3) is 0 Å². The molecule has 2 N–H and O–H groups in total. The van der Waals surface area contributed by atoms with Gasteiger partial charge in [-0.2, -0.15) is 31.4 Å². The summed E-state index contributed by atoms with van der Waals surface area (Å²) in [5, 5.41) is 1.61. The predicted octanol–water partition coefficient (Wildman–Crippen LogP) is 4.20. The van der Waals surface area contributed by atoms with E-state index in [9.17, 15) is 34.8 Å². The van der Waals surface area contributed by atoms with Gasteiger partial charge in [-0.25, -0.2) is 13.1 Å². The third kappa shape index (κ3) is 3.71. The molecule has 2 aromatic rings. The number of nitrogens with two attached hydrogens (primary N) is 1. The van der Waals surface area contributed by atoms with E-state index < -0.39 is 59.9 Å². The van der Waals surface area contributed by atoms with E-state index in [0.717, 1.165) is 0 Å². The van der Waals surface area contributed by atoms with Crippen LogP contribution < -0.4 is 5.73 Å². The zero-order valence-electron chi connectivity index (χ0n) is 12.4. The van der Waals surface area contributed by atoms with Gasteiger partial charge in [-0.1, -0.05) is 23.2 Å². The number of halogens is 8. The highest BCUT2D eigenvalue weighted by molar-refractivity contribution is 7.91. The molecule has 5 nitrogen and oxygen atoms in total. The maximum Gasteiger partial charge on any atom is 0.436 e. The van der Waals surface area contributed by atoms with E-state index in [4.69, 9.17) is 28.9 Å². The lowest BCUT2D eigenvalue weighted by molar-refractivity contribution is -0.143. The highest BCUT2D eigenvalue weighted by Gasteiger charge is 2.43. The minimum atomic E-state index is -5.21. The van der Waals surface area contributed by atoms with Crippen molar-refractivity contribution in [3.8, 4) is 5.69 Å². The molecule has 1 aromatic carbocycles. The van der Waals surface area contributed by atoms with E-state index >= 15 is 0 Å². The monoisotopic (exact) mass is 441 g/mol. The number of hydrogen-bond acceptors (Lipinski definition) is 4. The highest BCUT2D eigenvalue weighted by atomic mass is 35.5. The smallest absolute Gasteiger partial charge is 0.382 e. The van der Waals surface area contributed by atoms with Gasteiger partial charge in [0.05, 0.1) is 15.6 Å². The van der Waals surface area contributed by atoms with E-state index in [1.165, 1.54) is 0 Å². The Kier molecular flexibility index (Phi) is 4.93. The van der Waals surface area contributed by atoms with Crippen molar-refractivity contribution in [3.63, 3.8) is 0 Å². The molecule has 0 saturated carbocycles. The molecule has 0 unspecified atom stereocenters. The summed E-state index contributed by atoms with van der Waals surface area (Å²) < 4.78 is 101. The summed E-state index contributed by atoms with van der Waals surface area (Å²) in [6.45, 7) is 0. The maximum absolute atomic E-state index is 13.1. The minimum absolute atomic E-state index is 0.240. The lowest BCUT2D eigenvalue weighted by Crippen LogP contribution is -2.12. The second-order valence-electron chi connectivity index (χ2n) is 5.03. The fourth-order valence-electron chi connectivity index (χ4n) is 2.07. The fourth-order valence-corrected chi connectivity index (χ4v) is 3.69. The number of nitrogen functional groups attached to an aromatic ring is 1. The summed E-state index contributed by atoms with van der Waals surface area (Å²) >= 11 is 11.4. The molecule has 2 rings (SSSR count). The Balaban J connectivity index is 2.85. The van der Waals surface area contributed by atoms with Gasteiger partial charge in [-0.3, -0.25) is 0 Å². The molecule has 0 saturated heterocycles. The first-order valence-corrected chi connectivity index (χ1v) is 8.92. The molecule has 0 spiro atoms. The van der Waals surface area contributed by atoms with E-state index in [0.29, 0.717) is 18.4 Å². The molecule has 0 radical (unpaired) electrons. The average molecular weight is 442 g/mol. The number of sulfone groups is 1. The number of hydrogen-bond donors (Lipinski definition) is 1. The maximum atomic E-state index is 13.1. The van der Waals surface area contributed by atoms with Crippen molar-refractivity contribution in [1.29, 1.82) is 0 Å². The SMILES string of the molecule is CS(=O)(=O)c1c(C(F)(F)F)nn(-c2c(Cl)cc(C(F)(F)F)cc2Cl)c1N. The Morgan fingerprint density at radius 2 is 1.50 bits per heavy atom. The highest BCUT2D eigenvalue weighted by Crippen LogP contribution is 2.41. The Labute approximate surface area is 152 Å². The van der Waals surface area contributed by atoms with Crippen LogP contribution in [0.1, 0.15) is 11.3 Å². The second-order valence-corrected chi connectivity index (χ2v) is 7.80. The first-order chi connectivity index (χ1) is 11.5. The van der Waals surface area contributed by atoms with Crippen molar-refractivity contribution < 1.29 is 34.8 Å². The minimum Gasteiger partial charge on any atom is -0.382 e. The molecule has 14 heteroatoms. The van der Waals surface area contributed by atoms with Crippen LogP contribution in [0.4, 0.5) is 32.2 Å². The second kappa shape index (κ2) is 6.20. The molecule has 0 bridgehead atoms. The molecule has 0 aliphatic heterocycles. The number of nitrogens with zero attached hydrogens (tertiary/aromatic N) is 2. The average Bonchev–Trinajstić information content (AvgIpc) is 2.74. The quantitative estimate of drug-likeness (QED) is 0.708. The molecule has 0 aliphatic carbocycles. The molecule has 0 atom stereocenters. The summed E-state index contributed by atoms with van der Waals surface area (Å²) in [5.74, 6) is -0.997. The van der Waals surface area contributed by atoms with Gasteiger partial charge in [0, 0.05) is 6.26 Å². The molecule has 26 heavy (non-hydrogen) atoms. The van der Waals surface area contributed by atoms with Crippen molar-refractivity contribution >= 4 is 38.9 Å². The third-order valence-corrected chi connectivity index (χ3v) is 4.79. The molecule has 0 fully saturated rings. The van der Waals surface area contributed by atoms with Gasteiger partial charge in [0.1, 0.15) is 16.4 Å². The fraction of sp³-hybridized carbons (Fsp3) is 0.250. The number of aromatic nitrogens is 2. The van der Waals surface area contributed by atoms with Crippen molar-refractivity contribution in [2.24, 2.45) is 0 Å². The van der Waals surface area contributed by atoms with Crippen molar-refractivity contribution in [1.82, 2.24) is 9.78 Å². The van der Waals surface area contributed by atoms with Crippen LogP contribution in [0.3, 0.4) is 0 Å². The molecule has 1 aromatic heterocycles. The summed E-state index contributed by atoms with van der Waals surface area (Å²) in [6.07, 6.45) is -9.56. The van der Waals surface area contributed by atoms with Gasteiger partial charge in [0.15, 0.2) is 15.5 Å². The van der Waals surface area contributed by atoms with Crippen molar-refractivity contribution in [2.75, 3.05) is 12.0 Å². The van der Waals surface area contributed by atoms with E-state index in [1.54, 1.807) is 0 Å². The van der Waals surface area contributed by atoms with Crippen LogP contribution in [-0.4, -0.2) is 24.5 Å². The van der Waals surface area contributed by atoms with Crippen LogP contribution in [0, 0.1) is 0 Å². The summed E-state index contributed by atoms with van der Waals surface area (Å²) in [7, 11) is -4.49. The van der Waals surface area contributed by atoms with Gasteiger partial charge in [-0.15, -0.1) is 0 Å². The number of rotatable bonds is 2. The normalized spacial score (nSPS) is 13.3. The first-order valence-electron chi connectivity index (χ1n) is 6.27. The van der Waals surface area contributed by atoms with E-state index in [1.807, 2.05) is 0 Å². The van der Waals surface area contributed by atoms with Crippen LogP contribution >= 0.6 is 23.2 Å². The number of anilines is 1. The summed E-state index contributed by atoms with van der Waals surface area (Å²) in [5.41, 5.74) is 1.73. The Morgan fingerprint density at radius 3 is 1.81 bits per heavy atom. The van der Waals surface area contributed by atoms with Gasteiger partial charge >= 0.3 is 12.4 Å². The lowest BCUT2D eigenvalue weighted by Gasteiger charge is -2.13. The van der Waals surface area contributed by atoms with Crippen LogP contribution in [0.2, 0.25) is 10.0 Å². The number of alkyl halides is 6. The molecular formula is C12H7Cl2F6N3O2S. The Morgan fingerprint density at radius 1 is 1.04 bits per heavy atom. The van der Waals surface area contributed by atoms with Gasteiger partial charge in [-0.05, 0) is 12.1 Å². The molecule has 1 heterocycles. The molecule has 0 aliphatic rings. The zero-order valence-corrected chi connectivity index (χ0v) is 14.7. The largest absolute Gasteiger partial charge is 0.436 e. The van der Waals surface area contributed by atoms with Gasteiger partial charge in [0.2, 0.25) is 0 Å². The summed E-state index contributed by atoms with van der Waals surface area (Å²) in [4.78, 5) is -1.34. The number of benzene rings is 1. The molecule has 144 valence electrons. The third-order valence-electron chi connectivity index (χ3n) is 3.07. The van der Waals surface area contributed by atoms with Crippen molar-refractivity contribution in [3.05, 3.63) is 33.4 Å². The zero-order chi connectivity index (χ0) is 20.2. The first kappa shape index (κ1) is 20.6. The topological polar surface area (TPSA) is 78.0 Å². The van der Waals surface area contributed by atoms with Crippen LogP contribution in [-0.2, 0) is 22.2 Å². The standard InChI is InChI=1S/C12H7Cl2F6N3O2S/c1-26(24,25)8-9(12(18,19)20)22-23(10(8)21)7-5(13)2-4(3-6(7)14)11(15,16)17/h2-3H,21H2,1H3. The van der Waals surface area contributed by atoms with Crippen LogP contribution in [0.25, 0.3) is 5.69 Å². The predicted molar refractivity (Wildman–Crippen MR) is 81.1 cm³/mol. The van der Waals surface area contributed by atoms with Crippen LogP contribution in [0.5, 0.6) is 0 Å². The Hall–Kier alpha value is -1.66. The van der Waals surface area contributed by atoms with E-state index in [-0.39, 0.29) is 4.68 Å². The summed E-state index contributed by atoms with van der Waals surface area (Å²) in [6, 6.07) is 0.800. The Bertz CT molecular complexity index is 959. The van der Waals surface area contributed by atoms with E-state index in [2.05, 4.69) is 5.10 Å². The van der Waals surface area contributed by atoms with Crippen LogP contribution in [0.15, 0.2) is 17.0 Å². The van der Waals surface area contributed by atoms with Crippen molar-refractivity contribution in [2.45, 2.75) is 17.2 Å².